The van der Waals surface area contributed by atoms with E-state index in [1.807, 2.05) is 24.3 Å². The Bertz CT molecular complexity index is 494. The summed E-state index contributed by atoms with van der Waals surface area (Å²) < 4.78 is 22.9. The Morgan fingerprint density at radius 3 is 2.35 bits per heavy atom. The predicted octanol–water partition coefficient (Wildman–Crippen LogP) is 2.18. The molecule has 0 aliphatic rings. The normalized spacial score (nSPS) is 14.6. The number of aliphatic hydroxyl groups excluding tert-OH is 1. The van der Waals surface area contributed by atoms with Gasteiger partial charge in [0.05, 0.1) is 10.9 Å². The molecule has 0 saturated carbocycles. The van der Waals surface area contributed by atoms with Crippen molar-refractivity contribution in [2.45, 2.75) is 31.1 Å². The van der Waals surface area contributed by atoms with Crippen LogP contribution in [0.3, 0.4) is 0 Å². The third-order valence-electron chi connectivity index (χ3n) is 3.13. The van der Waals surface area contributed by atoms with Crippen molar-refractivity contribution in [1.29, 1.82) is 0 Å². The first-order chi connectivity index (χ1) is 7.66. The van der Waals surface area contributed by atoms with E-state index in [1.54, 1.807) is 13.8 Å². The first-order valence-corrected chi connectivity index (χ1v) is 7.96. The fourth-order valence-electron chi connectivity index (χ4n) is 1.37. The van der Waals surface area contributed by atoms with E-state index in [2.05, 4.69) is 15.9 Å². The summed E-state index contributed by atoms with van der Waals surface area (Å²) in [6.45, 7) is 3.09. The van der Waals surface area contributed by atoms with E-state index in [0.29, 0.717) is 6.42 Å². The number of hydrogen-bond acceptors (Lipinski definition) is 3. The van der Waals surface area contributed by atoms with Gasteiger partial charge in [0.2, 0.25) is 0 Å². The van der Waals surface area contributed by atoms with Crippen LogP contribution in [0.25, 0.3) is 0 Å². The minimum atomic E-state index is -3.30. The molecule has 17 heavy (non-hydrogen) atoms. The second-order valence-corrected chi connectivity index (χ2v) is 8.14. The number of sulfone groups is 1. The average molecular weight is 321 g/mol. The van der Waals surface area contributed by atoms with Crippen LogP contribution >= 0.6 is 15.9 Å². The molecule has 0 bridgehead atoms. The average Bonchev–Trinajstić information content (AvgIpc) is 2.19. The number of aliphatic hydroxyl groups is 1. The second kappa shape index (κ2) is 5.08. The van der Waals surface area contributed by atoms with Crippen molar-refractivity contribution in [3.05, 3.63) is 34.3 Å². The molecule has 0 aliphatic carbocycles. The van der Waals surface area contributed by atoms with Crippen LogP contribution in [-0.4, -0.2) is 30.6 Å². The van der Waals surface area contributed by atoms with Crippen LogP contribution in [0.1, 0.15) is 19.4 Å². The summed E-state index contributed by atoms with van der Waals surface area (Å²) in [6, 6.07) is 7.48. The minimum Gasteiger partial charge on any atom is -0.391 e. The fraction of sp³-hybridized carbons (Fsp3) is 0.500. The Morgan fingerprint density at radius 2 is 1.88 bits per heavy atom. The molecule has 1 atom stereocenters. The highest BCUT2D eigenvalue weighted by Gasteiger charge is 2.38. The van der Waals surface area contributed by atoms with Crippen LogP contribution in [0.4, 0.5) is 0 Å². The van der Waals surface area contributed by atoms with Gasteiger partial charge in [-0.3, -0.25) is 0 Å². The van der Waals surface area contributed by atoms with Crippen molar-refractivity contribution >= 4 is 25.8 Å². The molecule has 0 spiro atoms. The van der Waals surface area contributed by atoms with Crippen LogP contribution in [0.5, 0.6) is 0 Å². The van der Waals surface area contributed by atoms with Crippen molar-refractivity contribution in [3.63, 3.8) is 0 Å². The van der Waals surface area contributed by atoms with E-state index >= 15 is 0 Å². The van der Waals surface area contributed by atoms with E-state index in [4.69, 9.17) is 0 Å². The fourth-order valence-corrected chi connectivity index (χ4v) is 2.39. The second-order valence-electron chi connectivity index (χ2n) is 4.69. The molecule has 5 heteroatoms. The summed E-state index contributed by atoms with van der Waals surface area (Å²) >= 11 is 3.38. The standard InChI is InChI=1S/C12H17BrO3S/c1-12(2,17(3,15)16)11(14)8-9-6-4-5-7-10(9)13/h4-7,11,14H,8H2,1-3H3. The minimum absolute atomic E-state index is 0.307. The van der Waals surface area contributed by atoms with Crippen molar-refractivity contribution in [1.82, 2.24) is 0 Å². The highest BCUT2D eigenvalue weighted by molar-refractivity contribution is 9.10. The van der Waals surface area contributed by atoms with Crippen molar-refractivity contribution in [3.8, 4) is 0 Å². The quantitative estimate of drug-likeness (QED) is 0.925. The molecular weight excluding hydrogens is 304 g/mol. The summed E-state index contributed by atoms with van der Waals surface area (Å²) in [5.74, 6) is 0. The highest BCUT2D eigenvalue weighted by atomic mass is 79.9. The molecule has 1 unspecified atom stereocenters. The third kappa shape index (κ3) is 3.30. The van der Waals surface area contributed by atoms with Gasteiger partial charge in [0.1, 0.15) is 0 Å². The first-order valence-electron chi connectivity index (χ1n) is 5.27. The van der Waals surface area contributed by atoms with Crippen LogP contribution in [0, 0.1) is 0 Å². The Balaban J connectivity index is 2.95. The maximum atomic E-state index is 11.6. The van der Waals surface area contributed by atoms with Gasteiger partial charge in [-0.25, -0.2) is 8.42 Å². The smallest absolute Gasteiger partial charge is 0.155 e. The van der Waals surface area contributed by atoms with Gasteiger partial charge in [-0.1, -0.05) is 34.1 Å². The topological polar surface area (TPSA) is 54.4 Å². The largest absolute Gasteiger partial charge is 0.391 e. The summed E-state index contributed by atoms with van der Waals surface area (Å²) in [4.78, 5) is 0. The number of hydrogen-bond donors (Lipinski definition) is 1. The van der Waals surface area contributed by atoms with E-state index < -0.39 is 20.7 Å². The molecule has 0 aliphatic heterocycles. The van der Waals surface area contributed by atoms with Gasteiger partial charge in [-0.15, -0.1) is 0 Å². The zero-order valence-electron chi connectivity index (χ0n) is 10.1. The Labute approximate surface area is 111 Å². The SMILES string of the molecule is CC(C)(C(O)Cc1ccccc1Br)S(C)(=O)=O. The summed E-state index contributed by atoms with van der Waals surface area (Å²) in [7, 11) is -3.30. The Morgan fingerprint density at radius 1 is 1.35 bits per heavy atom. The third-order valence-corrected chi connectivity index (χ3v) is 6.09. The molecule has 3 nitrogen and oxygen atoms in total. The van der Waals surface area contributed by atoms with E-state index in [0.717, 1.165) is 16.3 Å². The predicted molar refractivity (Wildman–Crippen MR) is 72.8 cm³/mol. The molecule has 0 radical (unpaired) electrons. The molecular formula is C12H17BrO3S. The lowest BCUT2D eigenvalue weighted by molar-refractivity contribution is 0.137. The molecule has 1 rings (SSSR count). The molecule has 0 amide bonds. The monoisotopic (exact) mass is 320 g/mol. The van der Waals surface area contributed by atoms with Gasteiger partial charge in [-0.05, 0) is 25.5 Å². The van der Waals surface area contributed by atoms with Crippen LogP contribution in [-0.2, 0) is 16.3 Å². The van der Waals surface area contributed by atoms with Crippen LogP contribution in [0.15, 0.2) is 28.7 Å². The van der Waals surface area contributed by atoms with Gasteiger partial charge >= 0.3 is 0 Å². The van der Waals surface area contributed by atoms with Crippen LogP contribution in [0.2, 0.25) is 0 Å². The van der Waals surface area contributed by atoms with E-state index in [-0.39, 0.29) is 0 Å². The lowest BCUT2D eigenvalue weighted by atomic mass is 9.98. The lowest BCUT2D eigenvalue weighted by Gasteiger charge is -2.28. The molecule has 1 aromatic rings. The molecule has 1 aromatic carbocycles. The van der Waals surface area contributed by atoms with Gasteiger partial charge in [0.15, 0.2) is 9.84 Å². The van der Waals surface area contributed by atoms with Crippen molar-refractivity contribution in [2.24, 2.45) is 0 Å². The van der Waals surface area contributed by atoms with Crippen molar-refractivity contribution in [2.75, 3.05) is 6.26 Å². The van der Waals surface area contributed by atoms with Gasteiger partial charge in [0, 0.05) is 17.1 Å². The molecule has 0 saturated heterocycles. The molecule has 1 N–H and O–H groups in total. The number of benzene rings is 1. The Hall–Kier alpha value is -0.390. The number of rotatable bonds is 4. The maximum absolute atomic E-state index is 11.6. The van der Waals surface area contributed by atoms with E-state index in [1.165, 1.54) is 0 Å². The first kappa shape index (κ1) is 14.7. The molecule has 0 aromatic heterocycles. The van der Waals surface area contributed by atoms with Crippen LogP contribution < -0.4 is 0 Å². The van der Waals surface area contributed by atoms with Gasteiger partial charge < -0.3 is 5.11 Å². The lowest BCUT2D eigenvalue weighted by Crippen LogP contribution is -2.44. The van der Waals surface area contributed by atoms with Gasteiger partial charge in [0.25, 0.3) is 0 Å². The summed E-state index contributed by atoms with van der Waals surface area (Å²) in [5, 5.41) is 10.1. The highest BCUT2D eigenvalue weighted by Crippen LogP contribution is 2.25. The Kier molecular flexibility index (Phi) is 4.38. The zero-order chi connectivity index (χ0) is 13.3. The summed E-state index contributed by atoms with van der Waals surface area (Å²) in [6.07, 6.45) is 0.522. The maximum Gasteiger partial charge on any atom is 0.155 e. The molecule has 0 heterocycles. The molecule has 96 valence electrons. The summed E-state index contributed by atoms with van der Waals surface area (Å²) in [5.41, 5.74) is 0.900. The van der Waals surface area contributed by atoms with E-state index in [9.17, 15) is 13.5 Å². The zero-order valence-corrected chi connectivity index (χ0v) is 12.5. The number of halogens is 1. The van der Waals surface area contributed by atoms with Crippen molar-refractivity contribution < 1.29 is 13.5 Å². The van der Waals surface area contributed by atoms with Gasteiger partial charge in [-0.2, -0.15) is 0 Å². The molecule has 0 fully saturated rings.